The zero-order valence-electron chi connectivity index (χ0n) is 9.09. The molecule has 0 aliphatic carbocycles. The normalized spacial score (nSPS) is 9.59. The third-order valence-corrected chi connectivity index (χ3v) is 2.61. The van der Waals surface area contributed by atoms with Crippen molar-refractivity contribution in [1.82, 2.24) is 0 Å². The molecule has 2 nitrogen and oxygen atoms in total. The van der Waals surface area contributed by atoms with Crippen LogP contribution in [-0.4, -0.2) is 16.0 Å². The van der Waals surface area contributed by atoms with Crippen molar-refractivity contribution in [3.8, 4) is 17.6 Å². The van der Waals surface area contributed by atoms with Gasteiger partial charge >= 0.3 is 0 Å². The number of halogens is 2. The highest BCUT2D eigenvalue weighted by atomic mass is 32.2. The molecule has 5 heteroatoms. The van der Waals surface area contributed by atoms with E-state index in [-0.39, 0.29) is 10.7 Å². The summed E-state index contributed by atoms with van der Waals surface area (Å²) in [6, 6.07) is 1.53. The number of carbonyl (C=O) groups excluding carboxylic acids is 1. The van der Waals surface area contributed by atoms with Gasteiger partial charge in [-0.1, -0.05) is 23.6 Å². The van der Waals surface area contributed by atoms with Crippen molar-refractivity contribution in [2.75, 3.05) is 5.75 Å². The Labute approximate surface area is 102 Å². The van der Waals surface area contributed by atoms with Gasteiger partial charge in [-0.15, -0.1) is 0 Å². The standard InChI is InChI=1S/C12H10F2O2S/c1-8(15)17-5-3-2-4-9-6-10(13)11(14)7-12(9)16/h6-7,16H,3,5H2,1H3. The Morgan fingerprint density at radius 1 is 1.41 bits per heavy atom. The maximum Gasteiger partial charge on any atom is 0.185 e. The van der Waals surface area contributed by atoms with Crippen LogP contribution < -0.4 is 0 Å². The summed E-state index contributed by atoms with van der Waals surface area (Å²) in [6.07, 6.45) is 0.433. The molecule has 1 rings (SSSR count). The molecule has 0 aromatic heterocycles. The Hall–Kier alpha value is -1.54. The minimum atomic E-state index is -1.11. The predicted molar refractivity (Wildman–Crippen MR) is 62.7 cm³/mol. The number of thioether (sulfide) groups is 1. The fraction of sp³-hybridized carbons (Fsp3) is 0.250. The van der Waals surface area contributed by atoms with Crippen LogP contribution in [0.3, 0.4) is 0 Å². The highest BCUT2D eigenvalue weighted by Crippen LogP contribution is 2.19. The lowest BCUT2D eigenvalue weighted by Crippen LogP contribution is -1.87. The number of rotatable bonds is 2. The number of phenols is 1. The molecule has 0 atom stereocenters. The van der Waals surface area contributed by atoms with Crippen molar-refractivity contribution in [3.05, 3.63) is 29.3 Å². The zero-order valence-corrected chi connectivity index (χ0v) is 9.91. The van der Waals surface area contributed by atoms with Crippen LogP contribution in [0.5, 0.6) is 5.75 Å². The molecule has 90 valence electrons. The van der Waals surface area contributed by atoms with Crippen LogP contribution in [0.1, 0.15) is 18.9 Å². The summed E-state index contributed by atoms with van der Waals surface area (Å²) in [6.45, 7) is 1.46. The molecule has 1 N–H and O–H groups in total. The number of carbonyl (C=O) groups is 1. The Morgan fingerprint density at radius 2 is 2.06 bits per heavy atom. The topological polar surface area (TPSA) is 37.3 Å². The van der Waals surface area contributed by atoms with Gasteiger partial charge in [0.2, 0.25) is 0 Å². The number of aromatic hydroxyl groups is 1. The summed E-state index contributed by atoms with van der Waals surface area (Å²) in [4.78, 5) is 10.6. The van der Waals surface area contributed by atoms with Gasteiger partial charge in [-0.2, -0.15) is 0 Å². The Kier molecular flexibility index (Phi) is 4.98. The molecule has 1 aromatic carbocycles. The number of hydrogen-bond donors (Lipinski definition) is 1. The monoisotopic (exact) mass is 256 g/mol. The van der Waals surface area contributed by atoms with E-state index >= 15 is 0 Å². The fourth-order valence-electron chi connectivity index (χ4n) is 1.04. The molecule has 0 aliphatic heterocycles. The van der Waals surface area contributed by atoms with E-state index in [0.29, 0.717) is 18.2 Å². The molecule has 1 aromatic rings. The summed E-state index contributed by atoms with van der Waals surface area (Å²) in [5.74, 6) is 3.18. The van der Waals surface area contributed by atoms with Crippen molar-refractivity contribution in [2.45, 2.75) is 13.3 Å². The van der Waals surface area contributed by atoms with E-state index in [1.165, 1.54) is 6.92 Å². The molecule has 0 spiro atoms. The first kappa shape index (κ1) is 13.5. The van der Waals surface area contributed by atoms with Crippen LogP contribution in [0.15, 0.2) is 12.1 Å². The number of hydrogen-bond acceptors (Lipinski definition) is 3. The molecule has 0 radical (unpaired) electrons. The average Bonchev–Trinajstić information content (AvgIpc) is 2.24. The van der Waals surface area contributed by atoms with Crippen LogP contribution in [0.4, 0.5) is 8.78 Å². The number of benzene rings is 1. The summed E-state index contributed by atoms with van der Waals surface area (Å²) < 4.78 is 25.5. The highest BCUT2D eigenvalue weighted by Gasteiger charge is 2.06. The summed E-state index contributed by atoms with van der Waals surface area (Å²) in [5, 5.41) is 9.29. The highest BCUT2D eigenvalue weighted by molar-refractivity contribution is 8.13. The quantitative estimate of drug-likeness (QED) is 0.653. The van der Waals surface area contributed by atoms with Crippen molar-refractivity contribution in [1.29, 1.82) is 0 Å². The lowest BCUT2D eigenvalue weighted by Gasteiger charge is -1.98. The Balaban J connectivity index is 2.66. The van der Waals surface area contributed by atoms with Crippen molar-refractivity contribution < 1.29 is 18.7 Å². The lowest BCUT2D eigenvalue weighted by molar-refractivity contribution is -0.109. The molecule has 0 saturated heterocycles. The van der Waals surface area contributed by atoms with Crippen LogP contribution >= 0.6 is 11.8 Å². The summed E-state index contributed by atoms with van der Waals surface area (Å²) in [5.41, 5.74) is 0.0386. The molecular formula is C12H10F2O2S. The fourth-order valence-corrected chi connectivity index (χ4v) is 1.53. The third kappa shape index (κ3) is 4.45. The zero-order chi connectivity index (χ0) is 12.8. The van der Waals surface area contributed by atoms with Gasteiger partial charge in [0.05, 0.1) is 5.56 Å². The Bertz CT molecular complexity index is 489. The first-order valence-electron chi connectivity index (χ1n) is 4.81. The van der Waals surface area contributed by atoms with Gasteiger partial charge < -0.3 is 5.11 Å². The predicted octanol–water partition coefficient (Wildman–Crippen LogP) is 2.69. The van der Waals surface area contributed by atoms with Gasteiger partial charge in [0.15, 0.2) is 16.7 Å². The van der Waals surface area contributed by atoms with Crippen molar-refractivity contribution >= 4 is 16.9 Å². The third-order valence-electron chi connectivity index (χ3n) is 1.79. The van der Waals surface area contributed by atoms with Gasteiger partial charge in [-0.3, -0.25) is 4.79 Å². The minimum Gasteiger partial charge on any atom is -0.507 e. The Morgan fingerprint density at radius 3 is 2.71 bits per heavy atom. The van der Waals surface area contributed by atoms with Crippen molar-refractivity contribution in [2.24, 2.45) is 0 Å². The van der Waals surface area contributed by atoms with E-state index < -0.39 is 17.4 Å². The van der Waals surface area contributed by atoms with Crippen LogP contribution in [0.25, 0.3) is 0 Å². The first-order chi connectivity index (χ1) is 8.00. The van der Waals surface area contributed by atoms with E-state index in [2.05, 4.69) is 11.8 Å². The maximum absolute atomic E-state index is 12.8. The second kappa shape index (κ2) is 6.26. The average molecular weight is 256 g/mol. The van der Waals surface area contributed by atoms with E-state index in [1.807, 2.05) is 0 Å². The molecule has 0 bridgehead atoms. The number of phenolic OH excluding ortho intramolecular Hbond substituents is 1. The molecule has 0 amide bonds. The van der Waals surface area contributed by atoms with Gasteiger partial charge in [0.25, 0.3) is 0 Å². The first-order valence-corrected chi connectivity index (χ1v) is 5.79. The smallest absolute Gasteiger partial charge is 0.185 e. The molecule has 0 saturated carbocycles. The molecule has 0 aliphatic rings. The van der Waals surface area contributed by atoms with E-state index in [1.54, 1.807) is 0 Å². The van der Waals surface area contributed by atoms with Crippen LogP contribution in [0, 0.1) is 23.5 Å². The molecule has 0 unspecified atom stereocenters. The SMILES string of the molecule is CC(=O)SCCC#Cc1cc(F)c(F)cc1O. The molecule has 0 heterocycles. The molecule has 17 heavy (non-hydrogen) atoms. The van der Waals surface area contributed by atoms with Crippen LogP contribution in [0.2, 0.25) is 0 Å². The van der Waals surface area contributed by atoms with E-state index in [0.717, 1.165) is 17.8 Å². The minimum absolute atomic E-state index is 0.00229. The van der Waals surface area contributed by atoms with Gasteiger partial charge in [-0.25, -0.2) is 8.78 Å². The van der Waals surface area contributed by atoms with E-state index in [9.17, 15) is 18.7 Å². The van der Waals surface area contributed by atoms with Gasteiger partial charge in [-0.05, 0) is 6.07 Å². The van der Waals surface area contributed by atoms with Gasteiger partial charge in [0.1, 0.15) is 5.75 Å². The van der Waals surface area contributed by atoms with Gasteiger partial charge in [0, 0.05) is 25.2 Å². The van der Waals surface area contributed by atoms with Crippen LogP contribution in [-0.2, 0) is 4.79 Å². The second-order valence-corrected chi connectivity index (χ2v) is 4.45. The van der Waals surface area contributed by atoms with Crippen molar-refractivity contribution in [3.63, 3.8) is 0 Å². The van der Waals surface area contributed by atoms with E-state index in [4.69, 9.17) is 0 Å². The largest absolute Gasteiger partial charge is 0.507 e. The molecule has 0 fully saturated rings. The molecular weight excluding hydrogens is 246 g/mol. The summed E-state index contributed by atoms with van der Waals surface area (Å²) >= 11 is 1.14. The summed E-state index contributed by atoms with van der Waals surface area (Å²) in [7, 11) is 0. The lowest BCUT2D eigenvalue weighted by atomic mass is 10.2. The maximum atomic E-state index is 12.8. The second-order valence-electron chi connectivity index (χ2n) is 3.18.